The Morgan fingerprint density at radius 3 is 1.68 bits per heavy atom. The van der Waals surface area contributed by atoms with Crippen molar-refractivity contribution >= 4 is 30.1 Å². The van der Waals surface area contributed by atoms with Gasteiger partial charge in [-0.15, -0.1) is 0 Å². The van der Waals surface area contributed by atoms with Crippen LogP contribution in [-0.4, -0.2) is 4.98 Å². The predicted octanol–water partition coefficient (Wildman–Crippen LogP) is 4.48. The third-order valence-electron chi connectivity index (χ3n) is 3.30. The van der Waals surface area contributed by atoms with Gasteiger partial charge in [-0.25, -0.2) is 0 Å². The van der Waals surface area contributed by atoms with E-state index < -0.39 is 0 Å². The second kappa shape index (κ2) is 7.59. The molecule has 22 heavy (non-hydrogen) atoms. The zero-order valence-corrected chi connectivity index (χ0v) is 13.2. The van der Waals surface area contributed by atoms with Crippen LogP contribution in [-0.2, 0) is 0 Å². The minimum Gasteiger partial charge on any atom is -0.361 e. The van der Waals surface area contributed by atoms with E-state index in [1.54, 1.807) is 0 Å². The number of aromatic nitrogens is 1. The fourth-order valence-corrected chi connectivity index (χ4v) is 3.26. The van der Waals surface area contributed by atoms with Crippen molar-refractivity contribution in [3.05, 3.63) is 97.2 Å². The number of nitrogens with one attached hydrogen (secondary N) is 1. The summed E-state index contributed by atoms with van der Waals surface area (Å²) in [6, 6.07) is 31.4. The molecule has 0 aliphatic rings. The number of para-hydroxylation sites is 1. The van der Waals surface area contributed by atoms with Gasteiger partial charge in [-0.05, 0) is 28.1 Å². The molecule has 0 aliphatic heterocycles. The molecule has 0 fully saturated rings. The smallest absolute Gasteiger partial charge is 0.0453 e. The SMILES string of the molecule is c1ccc(Pc2ccccc2)cc1.c1ccc2[nH]ccc2c1. The predicted molar refractivity (Wildman–Crippen MR) is 98.8 cm³/mol. The Labute approximate surface area is 132 Å². The van der Waals surface area contributed by atoms with Crippen molar-refractivity contribution in [2.45, 2.75) is 0 Å². The molecule has 4 aromatic rings. The van der Waals surface area contributed by atoms with E-state index in [0.717, 1.165) is 8.58 Å². The van der Waals surface area contributed by atoms with Gasteiger partial charge in [-0.1, -0.05) is 87.4 Å². The Hall–Kier alpha value is -2.37. The molecular formula is C20H18NP. The number of H-pyrrole nitrogens is 1. The van der Waals surface area contributed by atoms with Crippen molar-refractivity contribution < 1.29 is 0 Å². The lowest BCUT2D eigenvalue weighted by molar-refractivity contribution is 1.48. The molecule has 0 aliphatic carbocycles. The minimum atomic E-state index is 0.777. The molecule has 4 rings (SSSR count). The van der Waals surface area contributed by atoms with Gasteiger partial charge >= 0.3 is 0 Å². The number of aromatic amines is 1. The largest absolute Gasteiger partial charge is 0.361 e. The summed E-state index contributed by atoms with van der Waals surface area (Å²) in [5.41, 5.74) is 1.21. The van der Waals surface area contributed by atoms with Crippen LogP contribution >= 0.6 is 8.58 Å². The van der Waals surface area contributed by atoms with Crippen molar-refractivity contribution in [1.29, 1.82) is 0 Å². The normalized spacial score (nSPS) is 10.0. The van der Waals surface area contributed by atoms with Crippen LogP contribution in [0.2, 0.25) is 0 Å². The molecule has 3 aromatic carbocycles. The van der Waals surface area contributed by atoms with Crippen LogP contribution in [0.5, 0.6) is 0 Å². The maximum absolute atomic E-state index is 3.12. The Morgan fingerprint density at radius 2 is 1.09 bits per heavy atom. The van der Waals surface area contributed by atoms with E-state index in [-0.39, 0.29) is 0 Å². The maximum Gasteiger partial charge on any atom is 0.0453 e. The summed E-state index contributed by atoms with van der Waals surface area (Å²) >= 11 is 0. The third kappa shape index (κ3) is 4.07. The molecule has 2 heteroatoms. The first-order chi connectivity index (χ1) is 10.9. The number of benzene rings is 3. The van der Waals surface area contributed by atoms with Gasteiger partial charge in [0.25, 0.3) is 0 Å². The van der Waals surface area contributed by atoms with Crippen molar-refractivity contribution in [3.8, 4) is 0 Å². The quantitative estimate of drug-likeness (QED) is 0.525. The molecule has 0 unspecified atom stereocenters. The summed E-state index contributed by atoms with van der Waals surface area (Å²) in [5, 5.41) is 4.07. The number of fused-ring (bicyclic) bond motifs is 1. The molecule has 0 bridgehead atoms. The van der Waals surface area contributed by atoms with Gasteiger partial charge in [-0.3, -0.25) is 0 Å². The van der Waals surface area contributed by atoms with Gasteiger partial charge in [-0.2, -0.15) is 0 Å². The highest BCUT2D eigenvalue weighted by Gasteiger charge is 1.92. The lowest BCUT2D eigenvalue weighted by Crippen LogP contribution is -2.01. The van der Waals surface area contributed by atoms with Gasteiger partial charge in [0.15, 0.2) is 0 Å². The lowest BCUT2D eigenvalue weighted by atomic mass is 10.3. The van der Waals surface area contributed by atoms with E-state index in [0.29, 0.717) is 0 Å². The Bertz CT molecular complexity index is 739. The maximum atomic E-state index is 3.12. The second-order valence-corrected chi connectivity index (χ2v) is 6.33. The fraction of sp³-hybridized carbons (Fsp3) is 0. The van der Waals surface area contributed by atoms with Gasteiger partial charge in [0.2, 0.25) is 0 Å². The Balaban J connectivity index is 0.000000139. The molecule has 1 N–H and O–H groups in total. The molecular weight excluding hydrogens is 285 g/mol. The van der Waals surface area contributed by atoms with Crippen LogP contribution in [0.3, 0.4) is 0 Å². The molecule has 0 saturated carbocycles. The molecule has 1 heterocycles. The summed E-state index contributed by atoms with van der Waals surface area (Å²) < 4.78 is 0. The monoisotopic (exact) mass is 303 g/mol. The van der Waals surface area contributed by atoms with Gasteiger partial charge in [0, 0.05) is 11.7 Å². The topological polar surface area (TPSA) is 15.8 Å². The lowest BCUT2D eigenvalue weighted by Gasteiger charge is -2.00. The zero-order chi connectivity index (χ0) is 15.0. The summed E-state index contributed by atoms with van der Waals surface area (Å²) in [5.74, 6) is 0. The summed E-state index contributed by atoms with van der Waals surface area (Å²) in [7, 11) is 0.777. The van der Waals surface area contributed by atoms with E-state index in [1.807, 2.05) is 18.3 Å². The molecule has 0 amide bonds. The first-order valence-corrected chi connectivity index (χ1v) is 8.31. The van der Waals surface area contributed by atoms with Crippen LogP contribution in [0, 0.1) is 0 Å². The van der Waals surface area contributed by atoms with E-state index >= 15 is 0 Å². The van der Waals surface area contributed by atoms with Crippen molar-refractivity contribution in [3.63, 3.8) is 0 Å². The van der Waals surface area contributed by atoms with Gasteiger partial charge in [0.1, 0.15) is 0 Å². The van der Waals surface area contributed by atoms with Gasteiger partial charge in [0.05, 0.1) is 0 Å². The van der Waals surface area contributed by atoms with E-state index in [1.165, 1.54) is 21.5 Å². The second-order valence-electron chi connectivity index (χ2n) is 4.92. The summed E-state index contributed by atoms with van der Waals surface area (Å²) in [6.07, 6.45) is 1.95. The molecule has 0 spiro atoms. The van der Waals surface area contributed by atoms with Crippen LogP contribution in [0.25, 0.3) is 10.9 Å². The third-order valence-corrected chi connectivity index (χ3v) is 4.54. The fourth-order valence-electron chi connectivity index (χ4n) is 2.20. The number of hydrogen-bond acceptors (Lipinski definition) is 0. The Morgan fingerprint density at radius 1 is 0.545 bits per heavy atom. The summed E-state index contributed by atoms with van der Waals surface area (Å²) in [4.78, 5) is 3.12. The first-order valence-electron chi connectivity index (χ1n) is 7.31. The standard InChI is InChI=1S/C12H11P.C8H7N/c1-3-7-11(8-4-1)13-12-9-5-2-6-10-12;1-2-4-8-7(3-1)5-6-9-8/h1-10,13H;1-6,9H. The van der Waals surface area contributed by atoms with E-state index in [4.69, 9.17) is 0 Å². The average Bonchev–Trinajstić information content (AvgIpc) is 3.06. The minimum absolute atomic E-state index is 0.777. The van der Waals surface area contributed by atoms with Crippen LogP contribution in [0.15, 0.2) is 97.2 Å². The molecule has 1 nitrogen and oxygen atoms in total. The molecule has 0 saturated heterocycles. The van der Waals surface area contributed by atoms with Crippen LogP contribution < -0.4 is 10.6 Å². The van der Waals surface area contributed by atoms with Crippen LogP contribution in [0.1, 0.15) is 0 Å². The highest BCUT2D eigenvalue weighted by molar-refractivity contribution is 7.55. The first kappa shape index (κ1) is 14.6. The van der Waals surface area contributed by atoms with Crippen LogP contribution in [0.4, 0.5) is 0 Å². The number of hydrogen-bond donors (Lipinski definition) is 1. The van der Waals surface area contributed by atoms with E-state index in [9.17, 15) is 0 Å². The Kier molecular flexibility index (Phi) is 5.02. The molecule has 0 atom stereocenters. The molecule has 0 radical (unpaired) electrons. The highest BCUT2D eigenvalue weighted by atomic mass is 31.1. The average molecular weight is 303 g/mol. The molecule has 1 aromatic heterocycles. The van der Waals surface area contributed by atoms with Crippen molar-refractivity contribution in [2.24, 2.45) is 0 Å². The van der Waals surface area contributed by atoms with Crippen molar-refractivity contribution in [1.82, 2.24) is 4.98 Å². The van der Waals surface area contributed by atoms with Crippen molar-refractivity contribution in [2.75, 3.05) is 0 Å². The van der Waals surface area contributed by atoms with Gasteiger partial charge < -0.3 is 4.98 Å². The zero-order valence-electron chi connectivity index (χ0n) is 12.2. The number of rotatable bonds is 2. The van der Waals surface area contributed by atoms with E-state index in [2.05, 4.69) is 83.8 Å². The highest BCUT2D eigenvalue weighted by Crippen LogP contribution is 2.09. The molecule has 108 valence electrons. The summed E-state index contributed by atoms with van der Waals surface area (Å²) in [6.45, 7) is 0.